The fourth-order valence-corrected chi connectivity index (χ4v) is 1.43. The van der Waals surface area contributed by atoms with Crippen LogP contribution in [0, 0.1) is 11.8 Å². The van der Waals surface area contributed by atoms with Gasteiger partial charge in [0, 0.05) is 11.4 Å². The Balaban J connectivity index is 3.21. The molecular formula is C9H9BrN2O2. The van der Waals surface area contributed by atoms with Crippen LogP contribution in [0.15, 0.2) is 28.0 Å². The van der Waals surface area contributed by atoms with Gasteiger partial charge in [0.1, 0.15) is 0 Å². The summed E-state index contributed by atoms with van der Waals surface area (Å²) in [5.74, 6) is -0.402. The largest absolute Gasteiger partial charge is 0.273 e. The van der Waals surface area contributed by atoms with Crippen LogP contribution in [0.2, 0.25) is 0 Å². The Labute approximate surface area is 90.0 Å². The molecule has 1 rings (SSSR count). The summed E-state index contributed by atoms with van der Waals surface area (Å²) in [6.07, 6.45) is 0. The van der Waals surface area contributed by atoms with Crippen LogP contribution in [0.5, 0.6) is 0 Å². The van der Waals surface area contributed by atoms with E-state index in [0.717, 1.165) is 15.0 Å². The summed E-state index contributed by atoms with van der Waals surface area (Å²) in [5.41, 5.74) is 1.32. The number of amides is 1. The van der Waals surface area contributed by atoms with Gasteiger partial charge in [-0.3, -0.25) is 4.79 Å². The fourth-order valence-electron chi connectivity index (χ4n) is 1.08. The van der Waals surface area contributed by atoms with Crippen molar-refractivity contribution in [1.82, 2.24) is 0 Å². The van der Waals surface area contributed by atoms with Crippen LogP contribution < -0.4 is 5.01 Å². The maximum atomic E-state index is 11.1. The predicted molar refractivity (Wildman–Crippen MR) is 57.8 cm³/mol. The SMILES string of the molecule is CC(=O)N(N=O)c1cc(Br)ccc1C. The van der Waals surface area contributed by atoms with E-state index < -0.39 is 5.91 Å². The summed E-state index contributed by atoms with van der Waals surface area (Å²) in [5, 5.41) is 3.51. The first kappa shape index (κ1) is 10.8. The Hall–Kier alpha value is -1.23. The van der Waals surface area contributed by atoms with Gasteiger partial charge in [-0.2, -0.15) is 5.01 Å². The average molecular weight is 257 g/mol. The van der Waals surface area contributed by atoms with Gasteiger partial charge in [-0.1, -0.05) is 22.0 Å². The monoisotopic (exact) mass is 256 g/mol. The van der Waals surface area contributed by atoms with Crippen LogP contribution in [0.1, 0.15) is 12.5 Å². The van der Waals surface area contributed by atoms with Gasteiger partial charge in [-0.05, 0) is 24.6 Å². The number of rotatable bonds is 2. The summed E-state index contributed by atoms with van der Waals surface area (Å²) in [6, 6.07) is 5.32. The molecule has 4 nitrogen and oxygen atoms in total. The normalized spacial score (nSPS) is 9.64. The number of carbonyl (C=O) groups is 1. The lowest BCUT2D eigenvalue weighted by Crippen LogP contribution is -2.22. The van der Waals surface area contributed by atoms with E-state index in [9.17, 15) is 9.70 Å². The maximum absolute atomic E-state index is 11.1. The molecule has 0 aromatic heterocycles. The van der Waals surface area contributed by atoms with E-state index in [0.29, 0.717) is 5.69 Å². The lowest BCUT2D eigenvalue weighted by Gasteiger charge is -2.13. The lowest BCUT2D eigenvalue weighted by atomic mass is 10.2. The Bertz CT molecular complexity index is 379. The third kappa shape index (κ3) is 2.17. The van der Waals surface area contributed by atoms with Gasteiger partial charge in [0.15, 0.2) is 0 Å². The van der Waals surface area contributed by atoms with E-state index in [4.69, 9.17) is 0 Å². The van der Waals surface area contributed by atoms with Crippen molar-refractivity contribution in [3.05, 3.63) is 33.1 Å². The van der Waals surface area contributed by atoms with Gasteiger partial charge >= 0.3 is 0 Å². The molecule has 0 aliphatic heterocycles. The van der Waals surface area contributed by atoms with Gasteiger partial charge < -0.3 is 0 Å². The summed E-state index contributed by atoms with van der Waals surface area (Å²) in [7, 11) is 0. The number of halogens is 1. The molecular weight excluding hydrogens is 248 g/mol. The minimum Gasteiger partial charge on any atom is -0.273 e. The van der Waals surface area contributed by atoms with E-state index >= 15 is 0 Å². The standard InChI is InChI=1S/C9H9BrN2O2/c1-6-3-4-8(10)5-9(6)12(11-14)7(2)13/h3-5H,1-2H3. The van der Waals surface area contributed by atoms with Crippen molar-refractivity contribution in [1.29, 1.82) is 0 Å². The van der Waals surface area contributed by atoms with Crippen LogP contribution in [-0.4, -0.2) is 5.91 Å². The van der Waals surface area contributed by atoms with Crippen molar-refractivity contribution in [2.45, 2.75) is 13.8 Å². The number of hydrogen-bond acceptors (Lipinski definition) is 3. The Morgan fingerprint density at radius 2 is 2.14 bits per heavy atom. The third-order valence-corrected chi connectivity index (χ3v) is 2.27. The third-order valence-electron chi connectivity index (χ3n) is 1.78. The van der Waals surface area contributed by atoms with E-state index in [-0.39, 0.29) is 0 Å². The van der Waals surface area contributed by atoms with E-state index in [1.807, 2.05) is 13.0 Å². The highest BCUT2D eigenvalue weighted by Gasteiger charge is 2.14. The van der Waals surface area contributed by atoms with Crippen LogP contribution in [0.3, 0.4) is 0 Å². The van der Waals surface area contributed by atoms with Crippen LogP contribution in [0.4, 0.5) is 5.69 Å². The summed E-state index contributed by atoms with van der Waals surface area (Å²) in [4.78, 5) is 21.5. The second-order valence-corrected chi connectivity index (χ2v) is 3.76. The Morgan fingerprint density at radius 1 is 1.50 bits per heavy atom. The van der Waals surface area contributed by atoms with Crippen molar-refractivity contribution in [3.8, 4) is 0 Å². The molecule has 74 valence electrons. The average Bonchev–Trinajstić information content (AvgIpc) is 2.11. The highest BCUT2D eigenvalue weighted by atomic mass is 79.9. The molecule has 0 N–H and O–H groups in total. The van der Waals surface area contributed by atoms with Gasteiger partial charge in [-0.15, -0.1) is 4.91 Å². The predicted octanol–water partition coefficient (Wildman–Crippen LogP) is 2.79. The van der Waals surface area contributed by atoms with Gasteiger partial charge in [-0.25, -0.2) is 0 Å². The highest BCUT2D eigenvalue weighted by molar-refractivity contribution is 9.10. The van der Waals surface area contributed by atoms with Crippen LogP contribution in [0.25, 0.3) is 0 Å². The molecule has 0 aliphatic carbocycles. The molecule has 1 aromatic carbocycles. The van der Waals surface area contributed by atoms with Gasteiger partial charge in [0.25, 0.3) is 0 Å². The molecule has 14 heavy (non-hydrogen) atoms. The molecule has 0 unspecified atom stereocenters. The molecule has 0 saturated heterocycles. The smallest absolute Gasteiger partial charge is 0.246 e. The van der Waals surface area contributed by atoms with Crippen molar-refractivity contribution in [3.63, 3.8) is 0 Å². The second-order valence-electron chi connectivity index (χ2n) is 2.84. The Kier molecular flexibility index (Phi) is 3.35. The zero-order chi connectivity index (χ0) is 10.7. The summed E-state index contributed by atoms with van der Waals surface area (Å²) < 4.78 is 0.799. The molecule has 0 radical (unpaired) electrons. The van der Waals surface area contributed by atoms with Gasteiger partial charge in [0.2, 0.25) is 5.91 Å². The number of aryl methyl sites for hydroxylation is 1. The van der Waals surface area contributed by atoms with Crippen molar-refractivity contribution in [2.75, 3.05) is 5.01 Å². The van der Waals surface area contributed by atoms with E-state index in [1.165, 1.54) is 6.92 Å². The molecule has 0 atom stereocenters. The zero-order valence-electron chi connectivity index (χ0n) is 7.82. The minimum absolute atomic E-state index is 0.402. The lowest BCUT2D eigenvalue weighted by molar-refractivity contribution is -0.116. The molecule has 1 aromatic rings. The molecule has 0 fully saturated rings. The quantitative estimate of drug-likeness (QED) is 0.604. The molecule has 5 heteroatoms. The van der Waals surface area contributed by atoms with E-state index in [1.54, 1.807) is 12.1 Å². The topological polar surface area (TPSA) is 49.7 Å². The zero-order valence-corrected chi connectivity index (χ0v) is 9.41. The van der Waals surface area contributed by atoms with Crippen LogP contribution >= 0.6 is 15.9 Å². The van der Waals surface area contributed by atoms with Gasteiger partial charge in [0.05, 0.1) is 11.0 Å². The molecule has 0 saturated carbocycles. The number of anilines is 1. The molecule has 0 aliphatic rings. The Morgan fingerprint density at radius 3 is 2.64 bits per heavy atom. The molecule has 1 amide bonds. The number of hydrogen-bond donors (Lipinski definition) is 0. The van der Waals surface area contributed by atoms with Crippen molar-refractivity contribution in [2.24, 2.45) is 5.29 Å². The summed E-state index contributed by atoms with van der Waals surface area (Å²) >= 11 is 3.26. The molecule has 0 heterocycles. The highest BCUT2D eigenvalue weighted by Crippen LogP contribution is 2.24. The molecule has 0 spiro atoms. The fraction of sp³-hybridized carbons (Fsp3) is 0.222. The number of benzene rings is 1. The first-order valence-corrected chi connectivity index (χ1v) is 4.75. The van der Waals surface area contributed by atoms with Crippen molar-refractivity contribution < 1.29 is 4.79 Å². The summed E-state index contributed by atoms with van der Waals surface area (Å²) in [6.45, 7) is 3.10. The maximum Gasteiger partial charge on any atom is 0.246 e. The second kappa shape index (κ2) is 4.32. The van der Waals surface area contributed by atoms with Crippen molar-refractivity contribution >= 4 is 27.5 Å². The first-order valence-electron chi connectivity index (χ1n) is 3.96. The minimum atomic E-state index is -0.402. The van der Waals surface area contributed by atoms with E-state index in [2.05, 4.69) is 21.2 Å². The number of carbonyl (C=O) groups excluding carboxylic acids is 1. The number of nitroso groups, excluding NO2 is 1. The first-order chi connectivity index (χ1) is 6.56. The van der Waals surface area contributed by atoms with Crippen LogP contribution in [-0.2, 0) is 4.79 Å². The number of nitrogens with zero attached hydrogens (tertiary/aromatic N) is 2. The molecule has 0 bridgehead atoms.